The number of halogens is 2. The number of nitrogens with one attached hydrogen (secondary N) is 2. The maximum atomic E-state index is 14.0. The molecule has 2 rings (SSSR count). The molecule has 0 saturated heterocycles. The first-order valence-corrected chi connectivity index (χ1v) is 9.27. The van der Waals surface area contributed by atoms with E-state index in [1.54, 1.807) is 26.8 Å². The first-order chi connectivity index (χ1) is 13.2. The molecule has 0 fully saturated rings. The maximum Gasteiger partial charge on any atom is 0.408 e. The van der Waals surface area contributed by atoms with Crippen molar-refractivity contribution >= 4 is 23.6 Å². The van der Waals surface area contributed by atoms with E-state index in [1.807, 2.05) is 30.3 Å². The average Bonchev–Trinajstić information content (AvgIpc) is 2.61. The Morgan fingerprint density at radius 1 is 1.11 bits per heavy atom. The Kier molecular flexibility index (Phi) is 7.40. The number of alkyl carbamates (subject to hydrolysis) is 1. The molecule has 7 heteroatoms. The topological polar surface area (TPSA) is 67.4 Å². The summed E-state index contributed by atoms with van der Waals surface area (Å²) in [4.78, 5) is 24.8. The lowest BCUT2D eigenvalue weighted by molar-refractivity contribution is -0.123. The molecule has 2 N–H and O–H groups in total. The van der Waals surface area contributed by atoms with Gasteiger partial charge in [-0.3, -0.25) is 4.79 Å². The van der Waals surface area contributed by atoms with Crippen molar-refractivity contribution in [2.75, 3.05) is 0 Å². The van der Waals surface area contributed by atoms with Gasteiger partial charge in [0.05, 0.1) is 5.02 Å². The second-order valence-corrected chi connectivity index (χ2v) is 7.73. The molecule has 5 nitrogen and oxygen atoms in total. The molecule has 0 heterocycles. The first-order valence-electron chi connectivity index (χ1n) is 8.90. The molecule has 2 aromatic carbocycles. The minimum Gasteiger partial charge on any atom is -0.444 e. The van der Waals surface area contributed by atoms with Crippen LogP contribution in [0.15, 0.2) is 48.5 Å². The monoisotopic (exact) mass is 406 g/mol. The Morgan fingerprint density at radius 2 is 1.79 bits per heavy atom. The molecule has 0 aliphatic rings. The summed E-state index contributed by atoms with van der Waals surface area (Å²) in [5.74, 6) is -1.03. The largest absolute Gasteiger partial charge is 0.444 e. The zero-order valence-corrected chi connectivity index (χ0v) is 16.8. The second kappa shape index (κ2) is 9.55. The fraction of sp³-hybridized carbons (Fsp3) is 0.333. The smallest absolute Gasteiger partial charge is 0.408 e. The van der Waals surface area contributed by atoms with E-state index in [9.17, 15) is 14.0 Å². The van der Waals surface area contributed by atoms with Gasteiger partial charge in [0.2, 0.25) is 5.91 Å². The van der Waals surface area contributed by atoms with Crippen LogP contribution in [-0.2, 0) is 22.5 Å². The Hall–Kier alpha value is -2.60. The van der Waals surface area contributed by atoms with Crippen molar-refractivity contribution in [2.24, 2.45) is 0 Å². The van der Waals surface area contributed by atoms with E-state index in [4.69, 9.17) is 16.3 Å². The van der Waals surface area contributed by atoms with E-state index in [0.717, 1.165) is 5.56 Å². The number of rotatable bonds is 6. The first kappa shape index (κ1) is 21.7. The standard InChI is InChI=1S/C21H24ClFN2O3/c1-21(2,3)28-20(27)25-17(12-14-8-5-4-6-9-14)19(26)24-13-15-10-7-11-16(22)18(15)23/h4-11,17H,12-13H2,1-3H3,(H,24,26)(H,25,27). The van der Waals surface area contributed by atoms with E-state index in [0.29, 0.717) is 0 Å². The number of amides is 2. The number of benzene rings is 2. The Morgan fingerprint density at radius 3 is 2.43 bits per heavy atom. The van der Waals surface area contributed by atoms with Crippen LogP contribution in [-0.4, -0.2) is 23.6 Å². The highest BCUT2D eigenvalue weighted by atomic mass is 35.5. The number of hydrogen-bond acceptors (Lipinski definition) is 3. The lowest BCUT2D eigenvalue weighted by Crippen LogP contribution is -2.49. The van der Waals surface area contributed by atoms with Gasteiger partial charge in [0.1, 0.15) is 17.5 Å². The number of carbonyl (C=O) groups excluding carboxylic acids is 2. The van der Waals surface area contributed by atoms with Crippen molar-refractivity contribution in [3.8, 4) is 0 Å². The highest BCUT2D eigenvalue weighted by Gasteiger charge is 2.24. The van der Waals surface area contributed by atoms with Gasteiger partial charge in [-0.1, -0.05) is 54.1 Å². The third-order valence-electron chi connectivity index (χ3n) is 3.77. The number of hydrogen-bond donors (Lipinski definition) is 2. The molecule has 0 radical (unpaired) electrons. The molecule has 0 aliphatic heterocycles. The van der Waals surface area contributed by atoms with Crippen molar-refractivity contribution in [1.29, 1.82) is 0 Å². The van der Waals surface area contributed by atoms with Gasteiger partial charge in [0, 0.05) is 18.5 Å². The molecule has 0 bridgehead atoms. The van der Waals surface area contributed by atoms with Crippen LogP contribution in [0.1, 0.15) is 31.9 Å². The Bertz CT molecular complexity index is 822. The molecule has 0 aromatic heterocycles. The second-order valence-electron chi connectivity index (χ2n) is 7.32. The predicted octanol–water partition coefficient (Wildman–Crippen LogP) is 4.23. The zero-order chi connectivity index (χ0) is 20.7. The van der Waals surface area contributed by atoms with Crippen LogP contribution in [0.3, 0.4) is 0 Å². The molecule has 0 saturated carbocycles. The SMILES string of the molecule is CC(C)(C)OC(=O)NC(Cc1ccccc1)C(=O)NCc1cccc(Cl)c1F. The van der Waals surface area contributed by atoms with Crippen LogP contribution < -0.4 is 10.6 Å². The summed E-state index contributed by atoms with van der Waals surface area (Å²) in [7, 11) is 0. The van der Waals surface area contributed by atoms with Crippen LogP contribution in [0.4, 0.5) is 9.18 Å². The maximum absolute atomic E-state index is 14.0. The van der Waals surface area contributed by atoms with Crippen molar-refractivity contribution in [2.45, 2.75) is 45.4 Å². The average molecular weight is 407 g/mol. The van der Waals surface area contributed by atoms with E-state index in [1.165, 1.54) is 12.1 Å². The Labute approximate surface area is 169 Å². The van der Waals surface area contributed by atoms with Crippen LogP contribution in [0.5, 0.6) is 0 Å². The molecule has 150 valence electrons. The van der Waals surface area contributed by atoms with E-state index >= 15 is 0 Å². The highest BCUT2D eigenvalue weighted by Crippen LogP contribution is 2.17. The molecular formula is C21H24ClFN2O3. The van der Waals surface area contributed by atoms with Gasteiger partial charge in [-0.25, -0.2) is 9.18 Å². The quantitative estimate of drug-likeness (QED) is 0.754. The molecule has 1 unspecified atom stereocenters. The molecule has 28 heavy (non-hydrogen) atoms. The van der Waals surface area contributed by atoms with Gasteiger partial charge in [-0.05, 0) is 32.4 Å². The third-order valence-corrected chi connectivity index (χ3v) is 4.07. The van der Waals surface area contributed by atoms with Gasteiger partial charge in [-0.2, -0.15) is 0 Å². The van der Waals surface area contributed by atoms with E-state index in [-0.39, 0.29) is 23.6 Å². The molecule has 2 amide bonds. The lowest BCUT2D eigenvalue weighted by Gasteiger charge is -2.23. The van der Waals surface area contributed by atoms with Gasteiger partial charge >= 0.3 is 6.09 Å². The number of carbonyl (C=O) groups is 2. The molecule has 0 aliphatic carbocycles. The summed E-state index contributed by atoms with van der Waals surface area (Å²) in [6, 6.07) is 13.0. The van der Waals surface area contributed by atoms with E-state index in [2.05, 4.69) is 10.6 Å². The summed E-state index contributed by atoms with van der Waals surface area (Å²) < 4.78 is 19.3. The summed E-state index contributed by atoms with van der Waals surface area (Å²) in [6.45, 7) is 5.16. The van der Waals surface area contributed by atoms with Gasteiger partial charge in [0.15, 0.2) is 0 Å². The number of ether oxygens (including phenoxy) is 1. The molecule has 2 aromatic rings. The van der Waals surface area contributed by atoms with Gasteiger partial charge in [-0.15, -0.1) is 0 Å². The van der Waals surface area contributed by atoms with Crippen molar-refractivity contribution < 1.29 is 18.7 Å². The lowest BCUT2D eigenvalue weighted by atomic mass is 10.1. The van der Waals surface area contributed by atoms with Gasteiger partial charge < -0.3 is 15.4 Å². The van der Waals surface area contributed by atoms with Crippen molar-refractivity contribution in [1.82, 2.24) is 10.6 Å². The minimum atomic E-state index is -0.875. The predicted molar refractivity (Wildman–Crippen MR) is 107 cm³/mol. The van der Waals surface area contributed by atoms with Crippen LogP contribution in [0, 0.1) is 5.82 Å². The zero-order valence-electron chi connectivity index (χ0n) is 16.1. The van der Waals surface area contributed by atoms with Crippen molar-refractivity contribution in [3.63, 3.8) is 0 Å². The van der Waals surface area contributed by atoms with Crippen LogP contribution in [0.25, 0.3) is 0 Å². The normalized spacial score (nSPS) is 12.2. The Balaban J connectivity index is 2.09. The van der Waals surface area contributed by atoms with E-state index < -0.39 is 29.5 Å². The molecule has 1 atom stereocenters. The summed E-state index contributed by atoms with van der Waals surface area (Å²) >= 11 is 5.77. The minimum absolute atomic E-state index is 0.0144. The van der Waals surface area contributed by atoms with Crippen LogP contribution >= 0.6 is 11.6 Å². The van der Waals surface area contributed by atoms with Crippen molar-refractivity contribution in [3.05, 3.63) is 70.5 Å². The summed E-state index contributed by atoms with van der Waals surface area (Å²) in [6.07, 6.45) is -0.429. The van der Waals surface area contributed by atoms with Crippen LogP contribution in [0.2, 0.25) is 5.02 Å². The summed E-state index contributed by atoms with van der Waals surface area (Å²) in [5.41, 5.74) is 0.436. The third kappa shape index (κ3) is 6.85. The fourth-order valence-electron chi connectivity index (χ4n) is 2.50. The fourth-order valence-corrected chi connectivity index (χ4v) is 2.69. The molecular weight excluding hydrogens is 383 g/mol. The highest BCUT2D eigenvalue weighted by molar-refractivity contribution is 6.30. The van der Waals surface area contributed by atoms with Gasteiger partial charge in [0.25, 0.3) is 0 Å². The summed E-state index contributed by atoms with van der Waals surface area (Å²) in [5, 5.41) is 5.22. The molecule has 0 spiro atoms.